The van der Waals surface area contributed by atoms with E-state index in [0.29, 0.717) is 65.3 Å². The molecule has 0 bridgehead atoms. The molecule has 2 aromatic carbocycles. The van der Waals surface area contributed by atoms with Crippen LogP contribution in [-0.4, -0.2) is 158 Å². The summed E-state index contributed by atoms with van der Waals surface area (Å²) in [5.41, 5.74) is 45.4. The van der Waals surface area contributed by atoms with E-state index in [0.717, 1.165) is 25.9 Å². The molecule has 18 N–H and O–H groups in total. The number of likely N-dealkylation sites (N-methyl/N-ethyl adjacent to an activating group) is 1. The van der Waals surface area contributed by atoms with Gasteiger partial charge in [0.25, 0.3) is 0 Å². The van der Waals surface area contributed by atoms with Crippen LogP contribution < -0.4 is 45.5 Å². The molecular formula is C49H97N13O8. The molecule has 0 spiro atoms. The van der Waals surface area contributed by atoms with Crippen LogP contribution in [-0.2, 0) is 37.1 Å². The number of hydrogen-bond acceptors (Lipinski definition) is 16. The number of carbonyl (C=O) groups is 3. The van der Waals surface area contributed by atoms with Crippen LogP contribution in [0.25, 0.3) is 10.4 Å². The van der Waals surface area contributed by atoms with Gasteiger partial charge < -0.3 is 80.0 Å². The van der Waals surface area contributed by atoms with Crippen LogP contribution in [0.2, 0.25) is 0 Å². The molecule has 0 aliphatic heterocycles. The Morgan fingerprint density at radius 3 is 1.34 bits per heavy atom. The van der Waals surface area contributed by atoms with Gasteiger partial charge in [-0.25, -0.2) is 0 Å². The summed E-state index contributed by atoms with van der Waals surface area (Å²) >= 11 is 0. The lowest BCUT2D eigenvalue weighted by Crippen LogP contribution is -2.29. The quantitative estimate of drug-likeness (QED) is 0.0416. The topological polar surface area (TPSA) is 380 Å². The number of hydrogen-bond donors (Lipinski definition) is 11. The Morgan fingerprint density at radius 1 is 0.686 bits per heavy atom. The highest BCUT2D eigenvalue weighted by Crippen LogP contribution is 2.35. The molecule has 406 valence electrons. The van der Waals surface area contributed by atoms with Gasteiger partial charge in [0.05, 0.1) is 49.7 Å². The van der Waals surface area contributed by atoms with Crippen LogP contribution >= 0.6 is 0 Å². The van der Waals surface area contributed by atoms with Crippen molar-refractivity contribution in [3.63, 3.8) is 0 Å². The highest BCUT2D eigenvalue weighted by Gasteiger charge is 2.38. The molecule has 2 aliphatic carbocycles. The second-order valence-electron chi connectivity index (χ2n) is 19.1. The average molecular weight is 996 g/mol. The van der Waals surface area contributed by atoms with Crippen LogP contribution in [0.4, 0.5) is 0 Å². The Kier molecular flexibility index (Phi) is 42.6. The van der Waals surface area contributed by atoms with Gasteiger partial charge in [0.2, 0.25) is 17.7 Å². The number of ether oxygens (including phenoxy) is 2. The van der Waals surface area contributed by atoms with Crippen molar-refractivity contribution in [2.75, 3.05) is 87.7 Å². The van der Waals surface area contributed by atoms with Crippen molar-refractivity contribution in [2.24, 2.45) is 45.2 Å². The zero-order chi connectivity index (χ0) is 54.9. The molecule has 0 radical (unpaired) electrons. The number of rotatable bonds is 19. The molecular weight excluding hydrogens is 899 g/mol. The number of carbonyl (C=O) groups excluding carboxylic acids is 3. The third-order valence-electron chi connectivity index (χ3n) is 9.10. The van der Waals surface area contributed by atoms with Crippen LogP contribution in [0.3, 0.4) is 0 Å². The Bertz CT molecular complexity index is 1620. The molecule has 70 heavy (non-hydrogen) atoms. The molecule has 0 unspecified atom stereocenters. The minimum absolute atomic E-state index is 0.00231. The van der Waals surface area contributed by atoms with Gasteiger partial charge >= 0.3 is 0 Å². The smallest absolute Gasteiger partial charge is 0.235 e. The van der Waals surface area contributed by atoms with E-state index >= 15 is 0 Å². The van der Waals surface area contributed by atoms with Gasteiger partial charge in [0.1, 0.15) is 0 Å². The van der Waals surface area contributed by atoms with Crippen molar-refractivity contribution in [1.82, 2.24) is 15.1 Å². The Balaban J connectivity index is -0.000000364. The standard InChI is InChI=1S/C12H17NO.C11H15NO.C5H12N2O.C5H13NO.C4H9N3O.2C4H10N2O.C4H11NO/c13-12(6-7-12)8-9-14-10-11-4-2-1-3-5-11;12-11(6-7-11)9-13-8-10-4-2-1-3-5-10;1-7(2)5(8)3-4-6;1-5(2,7)3-4-6;1-4(2,8)3-6-7-5;1-6(2)4(7)3-5;1-6-4(7)2-3-5;1-4(2,6)3-5/h1-5H,6-10,13H2;1-5H,6-9,12H2;3-4,6H2,1-2H3;7H,3-4,6H2,1-2H3;8H,3H2,1-2H3;3,5H2,1-2H3;2-3,5H2,1H3,(H,6,7);6H,3,5H2,1-2H3. The fraction of sp³-hybridized carbons (Fsp3) is 0.694. The van der Waals surface area contributed by atoms with E-state index < -0.39 is 16.8 Å². The fourth-order valence-electron chi connectivity index (χ4n) is 4.05. The maximum Gasteiger partial charge on any atom is 0.235 e. The first-order valence-corrected chi connectivity index (χ1v) is 23.5. The Hall–Kier alpha value is -4.32. The minimum atomic E-state index is -0.869. The summed E-state index contributed by atoms with van der Waals surface area (Å²) in [5, 5.41) is 32.1. The molecule has 21 heteroatoms. The second kappa shape index (κ2) is 41.3. The van der Waals surface area contributed by atoms with E-state index in [1.54, 1.807) is 76.8 Å². The number of nitrogens with one attached hydrogen (secondary N) is 1. The highest BCUT2D eigenvalue weighted by atomic mass is 16.5. The molecule has 21 nitrogen and oxygen atoms in total. The molecule has 0 atom stereocenters. The molecule has 3 amide bonds. The summed E-state index contributed by atoms with van der Waals surface area (Å²) in [7, 11) is 8.39. The van der Waals surface area contributed by atoms with Gasteiger partial charge in [-0.15, -0.1) is 0 Å². The van der Waals surface area contributed by atoms with Gasteiger partial charge in [-0.1, -0.05) is 65.8 Å². The number of azide groups is 1. The first kappa shape index (κ1) is 72.2. The maximum atomic E-state index is 10.6. The summed E-state index contributed by atoms with van der Waals surface area (Å²) in [6, 6.07) is 20.4. The monoisotopic (exact) mass is 996 g/mol. The lowest BCUT2D eigenvalue weighted by molar-refractivity contribution is -0.128. The normalized spacial score (nSPS) is 13.2. The van der Waals surface area contributed by atoms with Crippen LogP contribution in [0.5, 0.6) is 0 Å². The highest BCUT2D eigenvalue weighted by molar-refractivity contribution is 5.77. The van der Waals surface area contributed by atoms with Crippen molar-refractivity contribution in [3.05, 3.63) is 82.2 Å². The summed E-state index contributed by atoms with van der Waals surface area (Å²) in [6.45, 7) is 14.9. The van der Waals surface area contributed by atoms with Gasteiger partial charge in [-0.3, -0.25) is 14.4 Å². The number of nitrogens with zero attached hydrogens (tertiary/aromatic N) is 5. The summed E-state index contributed by atoms with van der Waals surface area (Å²) in [4.78, 5) is 36.6. The predicted octanol–water partition coefficient (Wildman–Crippen LogP) is 2.21. The molecule has 2 aromatic rings. The van der Waals surface area contributed by atoms with E-state index in [1.807, 2.05) is 36.4 Å². The Labute approximate surface area is 420 Å². The van der Waals surface area contributed by atoms with Gasteiger partial charge in [-0.05, 0) is 103 Å². The van der Waals surface area contributed by atoms with E-state index in [2.05, 4.69) is 39.6 Å². The fourth-order valence-corrected chi connectivity index (χ4v) is 4.05. The van der Waals surface area contributed by atoms with Gasteiger partial charge in [-0.2, -0.15) is 0 Å². The number of aliphatic hydroxyl groups is 3. The average Bonchev–Trinajstić information content (AvgIpc) is 4.23. The molecule has 4 rings (SSSR count). The second-order valence-corrected chi connectivity index (χ2v) is 19.1. The first-order chi connectivity index (χ1) is 32.4. The molecule has 0 saturated heterocycles. The molecule has 2 saturated carbocycles. The lowest BCUT2D eigenvalue weighted by Gasteiger charge is -2.13. The predicted molar refractivity (Wildman–Crippen MR) is 283 cm³/mol. The van der Waals surface area contributed by atoms with E-state index in [9.17, 15) is 14.4 Å². The molecule has 2 fully saturated rings. The van der Waals surface area contributed by atoms with Gasteiger partial charge in [0.15, 0.2) is 0 Å². The largest absolute Gasteiger partial charge is 0.390 e. The van der Waals surface area contributed by atoms with Crippen LogP contribution in [0.15, 0.2) is 65.8 Å². The van der Waals surface area contributed by atoms with Gasteiger partial charge in [0, 0.05) is 90.3 Å². The van der Waals surface area contributed by atoms with Crippen molar-refractivity contribution >= 4 is 17.7 Å². The van der Waals surface area contributed by atoms with E-state index in [1.165, 1.54) is 33.8 Å². The third-order valence-corrected chi connectivity index (χ3v) is 9.10. The zero-order valence-corrected chi connectivity index (χ0v) is 44.7. The number of nitrogens with two attached hydrogens (primary N) is 7. The lowest BCUT2D eigenvalue weighted by atomic mass is 10.1. The van der Waals surface area contributed by atoms with Crippen LogP contribution in [0.1, 0.15) is 104 Å². The van der Waals surface area contributed by atoms with Crippen molar-refractivity contribution < 1.29 is 39.2 Å². The minimum Gasteiger partial charge on any atom is -0.390 e. The number of benzene rings is 2. The van der Waals surface area contributed by atoms with Crippen molar-refractivity contribution in [2.45, 2.75) is 134 Å². The summed E-state index contributed by atoms with van der Waals surface area (Å²) < 4.78 is 11.1. The first-order valence-electron chi connectivity index (χ1n) is 23.5. The molecule has 0 aromatic heterocycles. The molecule has 0 heterocycles. The summed E-state index contributed by atoms with van der Waals surface area (Å²) in [5.74, 6) is 0.0509. The number of amides is 3. The van der Waals surface area contributed by atoms with Crippen molar-refractivity contribution in [1.29, 1.82) is 0 Å². The maximum absolute atomic E-state index is 10.6. The van der Waals surface area contributed by atoms with E-state index in [4.69, 9.17) is 70.5 Å². The summed E-state index contributed by atoms with van der Waals surface area (Å²) in [6.07, 6.45) is 7.11. The Morgan fingerprint density at radius 2 is 1.11 bits per heavy atom. The third kappa shape index (κ3) is 56.3. The SMILES string of the molecule is CC(C)(O)CCN.CC(C)(O)CN.CC(C)(O)CN=[N+]=[N-].CN(C)C(=O)CCN.CN(C)C(=O)CN.CNC(=O)CCN.NC1(CCOCc2ccccc2)CC1.NC1(COCc2ccccc2)CC1. The van der Waals surface area contributed by atoms with Crippen LogP contribution in [0, 0.1) is 0 Å². The zero-order valence-electron chi connectivity index (χ0n) is 44.7. The molecule has 2 aliphatic rings. The van der Waals surface area contributed by atoms with Crippen molar-refractivity contribution in [3.8, 4) is 0 Å². The van der Waals surface area contributed by atoms with E-state index in [-0.39, 0.29) is 41.9 Å².